The molecule has 1 saturated heterocycles. The Bertz CT molecular complexity index is 954. The van der Waals surface area contributed by atoms with Gasteiger partial charge in [0.25, 0.3) is 5.91 Å². The average molecular weight is 394 g/mol. The molecular formula is C22H23FN4O2. The summed E-state index contributed by atoms with van der Waals surface area (Å²) in [5.41, 5.74) is 1.27. The minimum atomic E-state index is -0.515. The smallest absolute Gasteiger partial charge is 0.318 e. The highest BCUT2D eigenvalue weighted by atomic mass is 19.1. The molecule has 0 unspecified atom stereocenters. The summed E-state index contributed by atoms with van der Waals surface area (Å²) in [7, 11) is 0. The molecule has 3 aromatic rings. The number of aromatic nitrogens is 2. The quantitative estimate of drug-likeness (QED) is 0.686. The van der Waals surface area contributed by atoms with Crippen LogP contribution in [0.15, 0.2) is 59.0 Å². The van der Waals surface area contributed by atoms with Crippen molar-refractivity contribution in [3.8, 4) is 0 Å². The normalized spacial score (nSPS) is 15.1. The number of anilines is 1. The van der Waals surface area contributed by atoms with Crippen LogP contribution in [0.1, 0.15) is 47.1 Å². The van der Waals surface area contributed by atoms with Gasteiger partial charge < -0.3 is 14.6 Å². The summed E-state index contributed by atoms with van der Waals surface area (Å²) in [6.45, 7) is 1.78. The molecule has 2 aromatic carbocycles. The zero-order valence-electron chi connectivity index (χ0n) is 16.1. The molecule has 2 heterocycles. The third-order valence-electron chi connectivity index (χ3n) is 5.03. The van der Waals surface area contributed by atoms with E-state index in [1.165, 1.54) is 24.6 Å². The molecule has 1 amide bonds. The second kappa shape index (κ2) is 8.86. The summed E-state index contributed by atoms with van der Waals surface area (Å²) < 4.78 is 19.5. The second-order valence-corrected chi connectivity index (χ2v) is 7.20. The fourth-order valence-corrected chi connectivity index (χ4v) is 3.50. The Kier molecular flexibility index (Phi) is 5.84. The van der Waals surface area contributed by atoms with Crippen LogP contribution in [0.25, 0.3) is 0 Å². The van der Waals surface area contributed by atoms with Gasteiger partial charge in [-0.25, -0.2) is 4.39 Å². The highest BCUT2D eigenvalue weighted by Gasteiger charge is 2.24. The number of halogens is 1. The summed E-state index contributed by atoms with van der Waals surface area (Å²) in [5.74, 6) is -0.496. The third kappa shape index (κ3) is 4.80. The molecule has 1 N–H and O–H groups in total. The molecule has 0 spiro atoms. The van der Waals surface area contributed by atoms with Crippen molar-refractivity contribution in [3.63, 3.8) is 0 Å². The Morgan fingerprint density at radius 2 is 1.86 bits per heavy atom. The fourth-order valence-electron chi connectivity index (χ4n) is 3.50. The minimum Gasteiger partial charge on any atom is -0.406 e. The van der Waals surface area contributed by atoms with Gasteiger partial charge in [-0.1, -0.05) is 41.5 Å². The van der Waals surface area contributed by atoms with Crippen LogP contribution in [-0.4, -0.2) is 29.2 Å². The number of nitrogens with zero attached hydrogens (tertiary/aromatic N) is 3. The summed E-state index contributed by atoms with van der Waals surface area (Å²) in [5, 5.41) is 11.3. The van der Waals surface area contributed by atoms with Crippen LogP contribution < -0.4 is 10.2 Å². The van der Waals surface area contributed by atoms with Crippen LogP contribution in [0, 0.1) is 5.82 Å². The van der Waals surface area contributed by atoms with Gasteiger partial charge in [-0.3, -0.25) is 4.79 Å². The van der Waals surface area contributed by atoms with Gasteiger partial charge in [-0.05, 0) is 43.0 Å². The van der Waals surface area contributed by atoms with Crippen molar-refractivity contribution in [1.29, 1.82) is 0 Å². The standard InChI is InChI=1S/C22H23FN4O2/c23-18-11-7-10-17(15-18)20(28)24-19(14-16-8-3-1-4-9-16)21-25-26-22(29-21)27-12-5-2-6-13-27/h1,3-4,7-11,15,19H,2,5-6,12-14H2,(H,24,28)/t19-/m1/s1. The SMILES string of the molecule is O=C(N[C@H](Cc1ccccc1)c1nnc(N2CCCCC2)o1)c1cccc(F)c1. The van der Waals surface area contributed by atoms with Gasteiger partial charge in [0.2, 0.25) is 5.89 Å². The molecular weight excluding hydrogens is 371 g/mol. The lowest BCUT2D eigenvalue weighted by atomic mass is 10.1. The number of benzene rings is 2. The number of amides is 1. The third-order valence-corrected chi connectivity index (χ3v) is 5.03. The van der Waals surface area contributed by atoms with E-state index in [9.17, 15) is 9.18 Å². The molecule has 6 nitrogen and oxygen atoms in total. The molecule has 1 aliphatic rings. The zero-order valence-corrected chi connectivity index (χ0v) is 16.1. The van der Waals surface area contributed by atoms with Gasteiger partial charge in [-0.2, -0.15) is 0 Å². The molecule has 1 fully saturated rings. The second-order valence-electron chi connectivity index (χ2n) is 7.20. The number of nitrogens with one attached hydrogen (secondary N) is 1. The molecule has 0 aliphatic carbocycles. The van der Waals surface area contributed by atoms with E-state index >= 15 is 0 Å². The highest BCUT2D eigenvalue weighted by molar-refractivity contribution is 5.94. The molecule has 4 rings (SSSR count). The Hall–Kier alpha value is -3.22. The van der Waals surface area contributed by atoms with E-state index in [0.29, 0.717) is 18.3 Å². The van der Waals surface area contributed by atoms with E-state index < -0.39 is 11.9 Å². The summed E-state index contributed by atoms with van der Waals surface area (Å²) >= 11 is 0. The topological polar surface area (TPSA) is 71.3 Å². The maximum Gasteiger partial charge on any atom is 0.318 e. The van der Waals surface area contributed by atoms with Crippen molar-refractivity contribution in [2.24, 2.45) is 0 Å². The maximum absolute atomic E-state index is 13.5. The van der Waals surface area contributed by atoms with E-state index in [0.717, 1.165) is 31.5 Å². The van der Waals surface area contributed by atoms with Crippen LogP contribution in [-0.2, 0) is 6.42 Å². The molecule has 0 bridgehead atoms. The lowest BCUT2D eigenvalue weighted by molar-refractivity contribution is 0.0929. The van der Waals surface area contributed by atoms with Gasteiger partial charge in [-0.15, -0.1) is 5.10 Å². The van der Waals surface area contributed by atoms with E-state index in [4.69, 9.17) is 4.42 Å². The monoisotopic (exact) mass is 394 g/mol. The maximum atomic E-state index is 13.5. The molecule has 29 heavy (non-hydrogen) atoms. The molecule has 0 radical (unpaired) electrons. The van der Waals surface area contributed by atoms with E-state index in [-0.39, 0.29) is 11.5 Å². The van der Waals surface area contributed by atoms with Gasteiger partial charge in [0.05, 0.1) is 0 Å². The minimum absolute atomic E-state index is 0.249. The van der Waals surface area contributed by atoms with Crippen LogP contribution in [0.5, 0.6) is 0 Å². The summed E-state index contributed by atoms with van der Waals surface area (Å²) in [6, 6.07) is 15.3. The van der Waals surface area contributed by atoms with Crippen molar-refractivity contribution < 1.29 is 13.6 Å². The van der Waals surface area contributed by atoms with E-state index in [1.54, 1.807) is 6.07 Å². The van der Waals surface area contributed by atoms with Crippen molar-refractivity contribution in [1.82, 2.24) is 15.5 Å². The van der Waals surface area contributed by atoms with Gasteiger partial charge in [0.1, 0.15) is 11.9 Å². The van der Waals surface area contributed by atoms with Crippen molar-refractivity contribution >= 4 is 11.9 Å². The molecule has 1 aromatic heterocycles. The Labute approximate surface area is 168 Å². The predicted octanol–water partition coefficient (Wildman–Crippen LogP) is 3.91. The lowest BCUT2D eigenvalue weighted by Crippen LogP contribution is -2.30. The van der Waals surface area contributed by atoms with Crippen LogP contribution in [0.3, 0.4) is 0 Å². The molecule has 1 atom stereocenters. The average Bonchev–Trinajstić information content (AvgIpc) is 3.25. The van der Waals surface area contributed by atoms with Crippen molar-refractivity contribution in [2.45, 2.75) is 31.7 Å². The molecule has 0 saturated carbocycles. The first-order chi connectivity index (χ1) is 14.2. The molecule has 150 valence electrons. The zero-order chi connectivity index (χ0) is 20.1. The highest BCUT2D eigenvalue weighted by Crippen LogP contribution is 2.24. The summed E-state index contributed by atoms with van der Waals surface area (Å²) in [6.07, 6.45) is 3.89. The Morgan fingerprint density at radius 1 is 1.07 bits per heavy atom. The fraction of sp³-hybridized carbons (Fsp3) is 0.318. The van der Waals surface area contributed by atoms with Gasteiger partial charge >= 0.3 is 6.01 Å². The Balaban J connectivity index is 1.56. The first-order valence-corrected chi connectivity index (χ1v) is 9.88. The van der Waals surface area contributed by atoms with Crippen LogP contribution >= 0.6 is 0 Å². The first-order valence-electron chi connectivity index (χ1n) is 9.88. The summed E-state index contributed by atoms with van der Waals surface area (Å²) in [4.78, 5) is 14.8. The van der Waals surface area contributed by atoms with Crippen molar-refractivity contribution in [2.75, 3.05) is 18.0 Å². The predicted molar refractivity (Wildman–Crippen MR) is 107 cm³/mol. The number of hydrogen-bond donors (Lipinski definition) is 1. The molecule has 1 aliphatic heterocycles. The van der Waals surface area contributed by atoms with Crippen LogP contribution in [0.4, 0.5) is 10.4 Å². The number of carbonyl (C=O) groups excluding carboxylic acids is 1. The van der Waals surface area contributed by atoms with E-state index in [1.807, 2.05) is 30.3 Å². The lowest BCUT2D eigenvalue weighted by Gasteiger charge is -2.24. The van der Waals surface area contributed by atoms with Crippen molar-refractivity contribution in [3.05, 3.63) is 77.4 Å². The Morgan fingerprint density at radius 3 is 2.62 bits per heavy atom. The van der Waals surface area contributed by atoms with Crippen LogP contribution in [0.2, 0.25) is 0 Å². The number of rotatable bonds is 6. The number of piperidine rings is 1. The largest absolute Gasteiger partial charge is 0.406 e. The molecule has 7 heteroatoms. The van der Waals surface area contributed by atoms with Gasteiger partial charge in [0, 0.05) is 25.1 Å². The number of carbonyl (C=O) groups is 1. The van der Waals surface area contributed by atoms with E-state index in [2.05, 4.69) is 20.4 Å². The first kappa shape index (κ1) is 19.1. The number of hydrogen-bond acceptors (Lipinski definition) is 5. The van der Waals surface area contributed by atoms with Gasteiger partial charge in [0.15, 0.2) is 0 Å².